The molecule has 0 bridgehead atoms. The number of hydrogen-bond acceptors (Lipinski definition) is 4. The molecular weight excluding hydrogens is 305 g/mol. The molecule has 4 N–H and O–H groups in total. The minimum atomic E-state index is -1.20. The van der Waals surface area contributed by atoms with Crippen molar-refractivity contribution in [3.05, 3.63) is 29.8 Å². The average Bonchev–Trinajstić information content (AvgIpc) is 2.52. The maximum absolute atomic E-state index is 12.0. The van der Waals surface area contributed by atoms with Crippen LogP contribution in [0.3, 0.4) is 0 Å². The summed E-state index contributed by atoms with van der Waals surface area (Å²) in [4.78, 5) is 21.9. The van der Waals surface area contributed by atoms with Gasteiger partial charge in [-0.25, -0.2) is 0 Å². The maximum atomic E-state index is 12.0. The van der Waals surface area contributed by atoms with Crippen molar-refractivity contribution >= 4 is 11.9 Å². The molecule has 7 heteroatoms. The normalized spacial score (nSPS) is 13.3. The highest BCUT2D eigenvalue weighted by atomic mass is 19.1. The topological polar surface area (TPSA) is 110 Å². The van der Waals surface area contributed by atoms with Crippen molar-refractivity contribution < 1.29 is 28.9 Å². The van der Waals surface area contributed by atoms with Crippen LogP contribution in [-0.2, 0) is 16.0 Å². The van der Waals surface area contributed by atoms with E-state index in [1.165, 1.54) is 0 Å². The minimum Gasteiger partial charge on any atom is -0.494 e. The molecule has 0 unspecified atom stereocenters. The van der Waals surface area contributed by atoms with Crippen molar-refractivity contribution in [1.82, 2.24) is 0 Å². The fourth-order valence-electron chi connectivity index (χ4n) is 2.09. The van der Waals surface area contributed by atoms with Gasteiger partial charge in [0.25, 0.3) is 0 Å². The molecule has 0 saturated carbocycles. The second kappa shape index (κ2) is 9.78. The zero-order chi connectivity index (χ0) is 17.2. The molecule has 0 heterocycles. The third-order valence-electron chi connectivity index (χ3n) is 3.46. The summed E-state index contributed by atoms with van der Waals surface area (Å²) in [6.45, 7) is -0.114. The standard InChI is InChI=1S/C16H22FNO5/c17-8-1-9-23-13-6-3-11(4-7-13)2-5-12(15(19)20)10-14(18)16(21)22/h3-4,6-7,12,14H,1-2,5,8-10,18H2,(H,19,20)(H,21,22)/t12-,14-/m1/s1. The van der Waals surface area contributed by atoms with Gasteiger partial charge in [-0.2, -0.15) is 0 Å². The van der Waals surface area contributed by atoms with Gasteiger partial charge in [-0.05, 0) is 37.0 Å². The number of aryl methyl sites for hydroxylation is 1. The van der Waals surface area contributed by atoms with Gasteiger partial charge in [0.05, 0.1) is 19.2 Å². The second-order valence-corrected chi connectivity index (χ2v) is 5.29. The molecule has 128 valence electrons. The number of halogens is 1. The highest BCUT2D eigenvalue weighted by molar-refractivity contribution is 5.75. The number of alkyl halides is 1. The molecule has 0 saturated heterocycles. The third-order valence-corrected chi connectivity index (χ3v) is 3.46. The van der Waals surface area contributed by atoms with Crippen molar-refractivity contribution in [2.24, 2.45) is 11.7 Å². The van der Waals surface area contributed by atoms with E-state index in [0.29, 0.717) is 31.6 Å². The smallest absolute Gasteiger partial charge is 0.320 e. The summed E-state index contributed by atoms with van der Waals surface area (Å²) in [5.41, 5.74) is 6.31. The van der Waals surface area contributed by atoms with Crippen LogP contribution in [0.2, 0.25) is 0 Å². The lowest BCUT2D eigenvalue weighted by Crippen LogP contribution is -2.34. The van der Waals surface area contributed by atoms with E-state index in [1.807, 2.05) is 0 Å². The zero-order valence-corrected chi connectivity index (χ0v) is 12.8. The lowest BCUT2D eigenvalue weighted by molar-refractivity contribution is -0.143. The number of carbonyl (C=O) groups is 2. The largest absolute Gasteiger partial charge is 0.494 e. The van der Waals surface area contributed by atoms with Crippen LogP contribution in [0.4, 0.5) is 4.39 Å². The highest BCUT2D eigenvalue weighted by Crippen LogP contribution is 2.18. The van der Waals surface area contributed by atoms with E-state index in [0.717, 1.165) is 5.56 Å². The third kappa shape index (κ3) is 7.10. The average molecular weight is 327 g/mol. The molecule has 2 atom stereocenters. The molecule has 0 fully saturated rings. The monoisotopic (exact) mass is 327 g/mol. The Labute approximate surface area is 134 Å². The number of rotatable bonds is 11. The summed E-state index contributed by atoms with van der Waals surface area (Å²) in [6, 6.07) is 5.92. The molecule has 0 aliphatic rings. The first-order valence-corrected chi connectivity index (χ1v) is 7.43. The van der Waals surface area contributed by atoms with Crippen molar-refractivity contribution in [2.45, 2.75) is 31.7 Å². The summed E-state index contributed by atoms with van der Waals surface area (Å²) < 4.78 is 17.3. The van der Waals surface area contributed by atoms with E-state index in [-0.39, 0.29) is 6.42 Å². The van der Waals surface area contributed by atoms with E-state index < -0.39 is 30.6 Å². The first-order valence-electron chi connectivity index (χ1n) is 7.43. The van der Waals surface area contributed by atoms with Crippen LogP contribution < -0.4 is 10.5 Å². The molecule has 1 rings (SSSR count). The summed E-state index contributed by atoms with van der Waals surface area (Å²) in [7, 11) is 0. The Morgan fingerprint density at radius 3 is 2.35 bits per heavy atom. The molecule has 0 spiro atoms. The van der Waals surface area contributed by atoms with Crippen LogP contribution in [0.15, 0.2) is 24.3 Å². The van der Waals surface area contributed by atoms with Crippen molar-refractivity contribution in [3.8, 4) is 5.75 Å². The molecule has 0 aliphatic carbocycles. The van der Waals surface area contributed by atoms with Crippen molar-refractivity contribution in [3.63, 3.8) is 0 Å². The number of aliphatic carboxylic acids is 2. The molecule has 0 radical (unpaired) electrons. The highest BCUT2D eigenvalue weighted by Gasteiger charge is 2.24. The first kappa shape index (κ1) is 18.9. The summed E-state index contributed by atoms with van der Waals surface area (Å²) >= 11 is 0. The van der Waals surface area contributed by atoms with Gasteiger partial charge in [0, 0.05) is 6.42 Å². The Balaban J connectivity index is 2.50. The van der Waals surface area contributed by atoms with Gasteiger partial charge in [-0.3, -0.25) is 14.0 Å². The van der Waals surface area contributed by atoms with E-state index in [1.54, 1.807) is 24.3 Å². The van der Waals surface area contributed by atoms with E-state index in [9.17, 15) is 14.0 Å². The number of hydrogen-bond donors (Lipinski definition) is 3. The van der Waals surface area contributed by atoms with Crippen LogP contribution in [0.5, 0.6) is 5.75 Å². The van der Waals surface area contributed by atoms with Crippen LogP contribution in [0.25, 0.3) is 0 Å². The molecule has 0 aliphatic heterocycles. The Hall–Kier alpha value is -2.15. The number of nitrogens with two attached hydrogens (primary N) is 1. The van der Waals surface area contributed by atoms with Crippen LogP contribution >= 0.6 is 0 Å². The number of carboxylic acids is 2. The predicted molar refractivity (Wildman–Crippen MR) is 82.2 cm³/mol. The lowest BCUT2D eigenvalue weighted by atomic mass is 9.93. The van der Waals surface area contributed by atoms with Gasteiger partial charge in [0.1, 0.15) is 11.8 Å². The fourth-order valence-corrected chi connectivity index (χ4v) is 2.09. The molecule has 1 aromatic carbocycles. The fraction of sp³-hybridized carbons (Fsp3) is 0.500. The minimum absolute atomic E-state index is 0.102. The summed E-state index contributed by atoms with van der Waals surface area (Å²) in [5.74, 6) is -2.43. The van der Waals surface area contributed by atoms with Gasteiger partial charge in [-0.15, -0.1) is 0 Å². The predicted octanol–water partition coefficient (Wildman–Crippen LogP) is 1.86. The Morgan fingerprint density at radius 1 is 1.17 bits per heavy atom. The number of carboxylic acid groups (broad SMARTS) is 2. The second-order valence-electron chi connectivity index (χ2n) is 5.29. The quantitative estimate of drug-likeness (QED) is 0.535. The molecule has 1 aromatic rings. The summed E-state index contributed by atoms with van der Waals surface area (Å²) in [6.07, 6.45) is 1.04. The molecule has 6 nitrogen and oxygen atoms in total. The Bertz CT molecular complexity index is 506. The van der Waals surface area contributed by atoms with Gasteiger partial charge >= 0.3 is 11.9 Å². The van der Waals surface area contributed by atoms with Crippen molar-refractivity contribution in [2.75, 3.05) is 13.3 Å². The van der Waals surface area contributed by atoms with Crippen LogP contribution in [0.1, 0.15) is 24.8 Å². The van der Waals surface area contributed by atoms with Crippen LogP contribution in [-0.4, -0.2) is 41.5 Å². The van der Waals surface area contributed by atoms with E-state index in [2.05, 4.69) is 0 Å². The van der Waals surface area contributed by atoms with E-state index >= 15 is 0 Å². The van der Waals surface area contributed by atoms with Gasteiger partial charge in [-0.1, -0.05) is 12.1 Å². The lowest BCUT2D eigenvalue weighted by Gasteiger charge is -2.15. The molecule has 0 aromatic heterocycles. The van der Waals surface area contributed by atoms with E-state index in [4.69, 9.17) is 20.7 Å². The number of ether oxygens (including phenoxy) is 1. The number of benzene rings is 1. The SMILES string of the molecule is N[C@H](C[C@@H](CCc1ccc(OCCCF)cc1)C(=O)O)C(=O)O. The van der Waals surface area contributed by atoms with Crippen LogP contribution in [0, 0.1) is 5.92 Å². The Morgan fingerprint density at radius 2 is 1.83 bits per heavy atom. The van der Waals surface area contributed by atoms with Crippen molar-refractivity contribution in [1.29, 1.82) is 0 Å². The van der Waals surface area contributed by atoms with Gasteiger partial charge in [0.15, 0.2) is 0 Å². The molecule has 0 amide bonds. The Kier molecular flexibility index (Phi) is 8.04. The zero-order valence-electron chi connectivity index (χ0n) is 12.8. The maximum Gasteiger partial charge on any atom is 0.320 e. The summed E-state index contributed by atoms with van der Waals surface area (Å²) in [5, 5.41) is 17.9. The van der Waals surface area contributed by atoms with Gasteiger partial charge in [0.2, 0.25) is 0 Å². The first-order chi connectivity index (χ1) is 10.9. The molecule has 23 heavy (non-hydrogen) atoms. The molecular formula is C16H22FNO5. The van der Waals surface area contributed by atoms with Gasteiger partial charge < -0.3 is 20.7 Å².